The van der Waals surface area contributed by atoms with Gasteiger partial charge in [0.25, 0.3) is 11.5 Å². The summed E-state index contributed by atoms with van der Waals surface area (Å²) in [7, 11) is 0. The van der Waals surface area contributed by atoms with Gasteiger partial charge >= 0.3 is 6.18 Å². The molecule has 4 rings (SSSR count). The largest absolute Gasteiger partial charge is 0.449 e. The number of carbonyl (C=O) groups excluding carboxylic acids is 1. The summed E-state index contributed by atoms with van der Waals surface area (Å²) < 4.78 is 53.3. The van der Waals surface area contributed by atoms with Crippen LogP contribution < -0.4 is 10.9 Å². The molecule has 0 spiro atoms. The number of rotatable bonds is 5. The molecule has 9 nitrogen and oxygen atoms in total. The van der Waals surface area contributed by atoms with E-state index in [0.717, 1.165) is 11.0 Å². The molecule has 1 amide bonds. The number of hydrogen-bond acceptors (Lipinski definition) is 6. The number of alkyl halides is 3. The monoisotopic (exact) mass is 527 g/mol. The van der Waals surface area contributed by atoms with Crippen molar-refractivity contribution in [2.24, 2.45) is 0 Å². The Labute approximate surface area is 213 Å². The summed E-state index contributed by atoms with van der Waals surface area (Å²) in [6.45, 7) is -0.902. The van der Waals surface area contributed by atoms with Crippen molar-refractivity contribution >= 4 is 34.0 Å². The molecule has 0 unspecified atom stereocenters. The maximum absolute atomic E-state index is 14.7. The molecule has 13 heteroatoms. The highest BCUT2D eigenvalue weighted by Gasteiger charge is 2.41. The molecule has 0 atom stereocenters. The molecular weight excluding hydrogens is 506 g/mol. The molecule has 1 aliphatic heterocycles. The van der Waals surface area contributed by atoms with Gasteiger partial charge in [-0.2, -0.15) is 18.3 Å². The van der Waals surface area contributed by atoms with Gasteiger partial charge in [-0.05, 0) is 35.9 Å². The number of nitrogens with zero attached hydrogens (tertiary/aromatic N) is 3. The molecule has 2 aromatic carbocycles. The number of halogens is 4. The highest BCUT2D eigenvalue weighted by Crippen LogP contribution is 2.24. The number of anilines is 1. The van der Waals surface area contributed by atoms with Crippen LogP contribution in [0.15, 0.2) is 41.2 Å². The number of H-pyrrole nitrogens is 1. The van der Waals surface area contributed by atoms with Crippen LogP contribution in [0.2, 0.25) is 0 Å². The molecule has 0 bridgehead atoms. The van der Waals surface area contributed by atoms with Crippen molar-refractivity contribution in [3.05, 3.63) is 69.4 Å². The average Bonchev–Trinajstić information content (AvgIpc) is 2.88. The predicted molar refractivity (Wildman–Crippen MR) is 133 cm³/mol. The number of aromatic nitrogens is 2. The van der Waals surface area contributed by atoms with Crippen LogP contribution in [-0.2, 0) is 6.42 Å². The second kappa shape index (κ2) is 10.3. The van der Waals surface area contributed by atoms with Crippen LogP contribution in [0.25, 0.3) is 10.8 Å². The number of hydrogen-bond donors (Lipinski definition) is 4. The van der Waals surface area contributed by atoms with Gasteiger partial charge in [-0.1, -0.05) is 12.0 Å². The Balaban J connectivity index is 1.58. The van der Waals surface area contributed by atoms with Gasteiger partial charge in [0.1, 0.15) is 11.7 Å². The van der Waals surface area contributed by atoms with Crippen molar-refractivity contribution in [1.82, 2.24) is 20.0 Å². The molecule has 0 radical (unpaired) electrons. The van der Waals surface area contributed by atoms with Gasteiger partial charge in [-0.25, -0.2) is 9.49 Å². The molecule has 3 aromatic rings. The van der Waals surface area contributed by atoms with E-state index in [2.05, 4.69) is 21.4 Å². The van der Waals surface area contributed by atoms with E-state index >= 15 is 0 Å². The first-order chi connectivity index (χ1) is 18.0. The van der Waals surface area contributed by atoms with Crippen molar-refractivity contribution in [2.45, 2.75) is 12.6 Å². The molecule has 1 aromatic heterocycles. The first-order valence-corrected chi connectivity index (χ1v) is 11.3. The number of terminal acetylenes is 1. The van der Waals surface area contributed by atoms with Crippen molar-refractivity contribution in [1.29, 1.82) is 10.8 Å². The minimum absolute atomic E-state index is 0.124. The van der Waals surface area contributed by atoms with Gasteiger partial charge in [-0.3, -0.25) is 20.4 Å². The van der Waals surface area contributed by atoms with Gasteiger partial charge in [0.2, 0.25) is 5.84 Å². The molecule has 1 fully saturated rings. The van der Waals surface area contributed by atoms with Gasteiger partial charge in [0.05, 0.1) is 29.7 Å². The van der Waals surface area contributed by atoms with Gasteiger partial charge < -0.3 is 15.1 Å². The van der Waals surface area contributed by atoms with Crippen molar-refractivity contribution < 1.29 is 22.4 Å². The zero-order chi connectivity index (χ0) is 27.6. The first kappa shape index (κ1) is 26.3. The third kappa shape index (κ3) is 5.34. The SMILES string of the molecule is C#CCNc1ccc2c(=O)[nH]nc(Cc3ccc(F)c(C(=O)N4CCN(C(=N)C(F)(F)F)C(=N)C4)c3)c2c1. The highest BCUT2D eigenvalue weighted by atomic mass is 19.4. The number of carbonyl (C=O) groups is 1. The molecule has 1 aliphatic rings. The number of fused-ring (bicyclic) bond motifs is 1. The summed E-state index contributed by atoms with van der Waals surface area (Å²) in [6.07, 6.45) is 0.475. The van der Waals surface area contributed by atoms with Crippen LogP contribution in [0.3, 0.4) is 0 Å². The van der Waals surface area contributed by atoms with Crippen LogP contribution in [0, 0.1) is 29.0 Å². The van der Waals surface area contributed by atoms with E-state index in [4.69, 9.17) is 17.2 Å². The lowest BCUT2D eigenvalue weighted by Crippen LogP contribution is -2.56. The Morgan fingerprint density at radius 3 is 2.63 bits per heavy atom. The second-order valence-corrected chi connectivity index (χ2v) is 8.48. The molecule has 1 saturated heterocycles. The second-order valence-electron chi connectivity index (χ2n) is 8.48. The summed E-state index contributed by atoms with van der Waals surface area (Å²) in [5.41, 5.74) is 0.890. The van der Waals surface area contributed by atoms with E-state index in [1.807, 2.05) is 0 Å². The lowest BCUT2D eigenvalue weighted by Gasteiger charge is -2.36. The van der Waals surface area contributed by atoms with Crippen molar-refractivity contribution in [3.8, 4) is 12.3 Å². The summed E-state index contributed by atoms with van der Waals surface area (Å²) >= 11 is 0. The predicted octanol–water partition coefficient (Wildman–Crippen LogP) is 2.97. The molecule has 2 heterocycles. The zero-order valence-electron chi connectivity index (χ0n) is 19.7. The summed E-state index contributed by atoms with van der Waals surface area (Å²) in [6, 6.07) is 8.88. The zero-order valence-corrected chi connectivity index (χ0v) is 19.7. The highest BCUT2D eigenvalue weighted by molar-refractivity contribution is 6.04. The maximum atomic E-state index is 14.7. The van der Waals surface area contributed by atoms with Crippen LogP contribution in [0.5, 0.6) is 0 Å². The third-order valence-electron chi connectivity index (χ3n) is 5.98. The van der Waals surface area contributed by atoms with Gasteiger partial charge in [0, 0.05) is 30.6 Å². The minimum Gasteiger partial charge on any atom is -0.374 e. The third-order valence-corrected chi connectivity index (χ3v) is 5.98. The number of nitrogens with one attached hydrogen (secondary N) is 4. The van der Waals surface area contributed by atoms with E-state index in [0.29, 0.717) is 32.6 Å². The smallest absolute Gasteiger partial charge is 0.374 e. The summed E-state index contributed by atoms with van der Waals surface area (Å²) in [4.78, 5) is 26.8. The average molecular weight is 527 g/mol. The molecule has 38 heavy (non-hydrogen) atoms. The van der Waals surface area contributed by atoms with Crippen LogP contribution >= 0.6 is 0 Å². The normalized spacial score (nSPS) is 13.9. The Morgan fingerprint density at radius 1 is 1.18 bits per heavy atom. The minimum atomic E-state index is -4.93. The number of piperazine rings is 1. The lowest BCUT2D eigenvalue weighted by molar-refractivity contribution is -0.0675. The number of benzene rings is 2. The molecule has 4 N–H and O–H groups in total. The fourth-order valence-electron chi connectivity index (χ4n) is 4.10. The topological polar surface area (TPSA) is 129 Å². The van der Waals surface area contributed by atoms with Crippen molar-refractivity contribution in [2.75, 3.05) is 31.5 Å². The van der Waals surface area contributed by atoms with E-state index in [9.17, 15) is 27.2 Å². The standard InChI is InChI=1S/C25H21F4N7O2/c1-2-7-32-15-4-5-16-17(12-15)20(33-34-22(16)37)11-14-3-6-19(26)18(10-14)23(38)35-8-9-36(21(30)13-35)24(31)25(27,28)29/h1,3-6,10,12,30-32H,7-9,11,13H2,(H,34,37). The van der Waals surface area contributed by atoms with E-state index in [1.54, 1.807) is 18.2 Å². The van der Waals surface area contributed by atoms with Crippen LogP contribution in [-0.4, -0.2) is 69.9 Å². The molecule has 0 aliphatic carbocycles. The summed E-state index contributed by atoms with van der Waals surface area (Å²) in [5.74, 6) is -1.47. The number of amides is 1. The van der Waals surface area contributed by atoms with Crippen molar-refractivity contribution in [3.63, 3.8) is 0 Å². The molecule has 196 valence electrons. The van der Waals surface area contributed by atoms with Gasteiger partial charge in [0.15, 0.2) is 0 Å². The van der Waals surface area contributed by atoms with Crippen LogP contribution in [0.1, 0.15) is 21.6 Å². The molecular formula is C25H21F4N7O2. The van der Waals surface area contributed by atoms with E-state index in [1.165, 1.54) is 12.1 Å². The molecule has 0 saturated carbocycles. The Kier molecular flexibility index (Phi) is 7.16. The van der Waals surface area contributed by atoms with Crippen LogP contribution in [0.4, 0.5) is 23.2 Å². The quantitative estimate of drug-likeness (QED) is 0.176. The van der Waals surface area contributed by atoms with E-state index < -0.39 is 48.2 Å². The fourth-order valence-corrected chi connectivity index (χ4v) is 4.10. The Bertz CT molecular complexity index is 1540. The lowest BCUT2D eigenvalue weighted by atomic mass is 10.0. The fraction of sp³-hybridized carbons (Fsp3) is 0.240. The number of amidine groups is 2. The maximum Gasteiger partial charge on any atom is 0.449 e. The number of aromatic amines is 1. The van der Waals surface area contributed by atoms with E-state index in [-0.39, 0.29) is 25.1 Å². The first-order valence-electron chi connectivity index (χ1n) is 11.3. The van der Waals surface area contributed by atoms with Gasteiger partial charge in [-0.15, -0.1) is 6.42 Å². The Hall–Kier alpha value is -4.73. The Morgan fingerprint density at radius 2 is 1.95 bits per heavy atom. The summed E-state index contributed by atoms with van der Waals surface area (Å²) in [5, 5.41) is 25.6.